The Kier molecular flexibility index (Phi) is 6.40. The number of aromatic nitrogens is 1. The van der Waals surface area contributed by atoms with Crippen LogP contribution in [-0.4, -0.2) is 4.57 Å². The smallest absolute Gasteiger partial charge is 0.0543 e. The van der Waals surface area contributed by atoms with E-state index in [9.17, 15) is 0 Å². The summed E-state index contributed by atoms with van der Waals surface area (Å²) in [4.78, 5) is 2.34. The summed E-state index contributed by atoms with van der Waals surface area (Å²) in [5.41, 5.74) is 14.7. The van der Waals surface area contributed by atoms with Crippen molar-refractivity contribution in [2.24, 2.45) is 0 Å². The monoisotopic (exact) mass is 542 g/mol. The van der Waals surface area contributed by atoms with Crippen molar-refractivity contribution in [1.82, 2.24) is 4.57 Å². The molecule has 0 saturated heterocycles. The van der Waals surface area contributed by atoms with Crippen LogP contribution < -0.4 is 4.90 Å². The molecule has 0 atom stereocenters. The van der Waals surface area contributed by atoms with Crippen molar-refractivity contribution in [3.63, 3.8) is 0 Å². The number of hydrogen-bond donors (Lipinski definition) is 0. The Morgan fingerprint density at radius 3 is 1.83 bits per heavy atom. The Bertz CT molecular complexity index is 2080. The lowest BCUT2D eigenvalue weighted by atomic mass is 9.95. The molecule has 0 aliphatic carbocycles. The third-order valence-electron chi connectivity index (χ3n) is 8.33. The van der Waals surface area contributed by atoms with Crippen LogP contribution in [0.2, 0.25) is 0 Å². The van der Waals surface area contributed by atoms with Gasteiger partial charge in [-0.15, -0.1) is 0 Å². The number of fused-ring (bicyclic) bond motifs is 3. The van der Waals surface area contributed by atoms with Crippen LogP contribution in [0.1, 0.15) is 22.3 Å². The summed E-state index contributed by atoms with van der Waals surface area (Å²) < 4.78 is 2.41. The van der Waals surface area contributed by atoms with E-state index in [1.54, 1.807) is 0 Å². The highest BCUT2D eigenvalue weighted by Crippen LogP contribution is 2.39. The predicted octanol–water partition coefficient (Wildman–Crippen LogP) is 11.2. The molecule has 1 aromatic heterocycles. The largest absolute Gasteiger partial charge is 0.310 e. The number of rotatable bonds is 5. The Labute approximate surface area is 248 Å². The molecule has 7 rings (SSSR count). The third-order valence-corrected chi connectivity index (χ3v) is 8.33. The van der Waals surface area contributed by atoms with Gasteiger partial charge < -0.3 is 9.47 Å². The zero-order valence-electron chi connectivity index (χ0n) is 24.6. The Hall–Kier alpha value is -5.08. The average molecular weight is 543 g/mol. The summed E-state index contributed by atoms with van der Waals surface area (Å²) in [6.45, 7) is 8.77. The van der Waals surface area contributed by atoms with E-state index in [0.717, 1.165) is 17.1 Å². The fourth-order valence-electron chi connectivity index (χ4n) is 6.33. The summed E-state index contributed by atoms with van der Waals surface area (Å²) in [5, 5.41) is 2.58. The molecule has 0 radical (unpaired) electrons. The lowest BCUT2D eigenvalue weighted by Crippen LogP contribution is -2.10. The lowest BCUT2D eigenvalue weighted by molar-refractivity contribution is 1.17. The van der Waals surface area contributed by atoms with E-state index >= 15 is 0 Å². The third kappa shape index (κ3) is 4.46. The van der Waals surface area contributed by atoms with Crippen LogP contribution in [0.5, 0.6) is 0 Å². The second kappa shape index (κ2) is 10.4. The highest BCUT2D eigenvalue weighted by Gasteiger charge is 2.16. The van der Waals surface area contributed by atoms with Crippen LogP contribution in [0.25, 0.3) is 38.6 Å². The minimum atomic E-state index is 1.15. The molecule has 0 aliphatic rings. The normalized spacial score (nSPS) is 11.3. The highest BCUT2D eigenvalue weighted by molar-refractivity contribution is 6.09. The van der Waals surface area contributed by atoms with E-state index in [0.29, 0.717) is 0 Å². The van der Waals surface area contributed by atoms with Gasteiger partial charge in [-0.1, -0.05) is 72.8 Å². The van der Waals surface area contributed by atoms with Crippen molar-refractivity contribution in [3.05, 3.63) is 156 Å². The van der Waals surface area contributed by atoms with E-state index in [1.807, 2.05) is 0 Å². The molecule has 0 saturated carbocycles. The minimum Gasteiger partial charge on any atom is -0.310 e. The van der Waals surface area contributed by atoms with Gasteiger partial charge in [0.1, 0.15) is 0 Å². The Morgan fingerprint density at radius 2 is 1.07 bits per heavy atom. The van der Waals surface area contributed by atoms with E-state index in [4.69, 9.17) is 0 Å². The lowest BCUT2D eigenvalue weighted by Gasteiger charge is -2.26. The van der Waals surface area contributed by atoms with Gasteiger partial charge in [0.15, 0.2) is 0 Å². The number of benzene rings is 6. The van der Waals surface area contributed by atoms with Crippen molar-refractivity contribution in [2.45, 2.75) is 27.7 Å². The molecule has 1 heterocycles. The first kappa shape index (κ1) is 25.9. The van der Waals surface area contributed by atoms with Gasteiger partial charge in [-0.2, -0.15) is 0 Å². The molecule has 7 aromatic rings. The van der Waals surface area contributed by atoms with Gasteiger partial charge in [0.05, 0.1) is 11.0 Å². The van der Waals surface area contributed by atoms with E-state index in [2.05, 4.69) is 171 Å². The quantitative estimate of drug-likeness (QED) is 0.210. The van der Waals surface area contributed by atoms with Crippen LogP contribution in [0, 0.1) is 27.7 Å². The van der Waals surface area contributed by atoms with Crippen LogP contribution in [0.3, 0.4) is 0 Å². The maximum atomic E-state index is 2.41. The van der Waals surface area contributed by atoms with Gasteiger partial charge in [0.2, 0.25) is 0 Å². The summed E-state index contributed by atoms with van der Waals surface area (Å²) in [6.07, 6.45) is 0. The number of anilines is 3. The Balaban J connectivity index is 1.31. The molecular formula is C40H34N2. The van der Waals surface area contributed by atoms with E-state index in [-0.39, 0.29) is 0 Å². The molecule has 204 valence electrons. The summed E-state index contributed by atoms with van der Waals surface area (Å²) in [7, 11) is 0. The molecule has 0 unspecified atom stereocenters. The van der Waals surface area contributed by atoms with Crippen molar-refractivity contribution in [3.8, 4) is 16.8 Å². The molecule has 42 heavy (non-hydrogen) atoms. The second-order valence-corrected chi connectivity index (χ2v) is 11.4. The summed E-state index contributed by atoms with van der Waals surface area (Å²) in [5.74, 6) is 0. The van der Waals surface area contributed by atoms with Crippen molar-refractivity contribution >= 4 is 38.9 Å². The number of aryl methyl sites for hydroxylation is 4. The fourth-order valence-corrected chi connectivity index (χ4v) is 6.33. The van der Waals surface area contributed by atoms with Gasteiger partial charge in [-0.05, 0) is 122 Å². The first-order valence-corrected chi connectivity index (χ1v) is 14.6. The van der Waals surface area contributed by atoms with E-state index in [1.165, 1.54) is 60.9 Å². The molecule has 6 aromatic carbocycles. The molecule has 0 spiro atoms. The molecular weight excluding hydrogens is 508 g/mol. The zero-order chi connectivity index (χ0) is 28.8. The van der Waals surface area contributed by atoms with Crippen LogP contribution >= 0.6 is 0 Å². The zero-order valence-corrected chi connectivity index (χ0v) is 24.6. The van der Waals surface area contributed by atoms with Crippen molar-refractivity contribution < 1.29 is 0 Å². The van der Waals surface area contributed by atoms with Crippen LogP contribution in [0.15, 0.2) is 133 Å². The topological polar surface area (TPSA) is 8.17 Å². The van der Waals surface area contributed by atoms with E-state index < -0.39 is 0 Å². The van der Waals surface area contributed by atoms with Gasteiger partial charge >= 0.3 is 0 Å². The first-order valence-electron chi connectivity index (χ1n) is 14.6. The molecule has 2 heteroatoms. The maximum absolute atomic E-state index is 2.41. The maximum Gasteiger partial charge on any atom is 0.0543 e. The Morgan fingerprint density at radius 1 is 0.429 bits per heavy atom. The predicted molar refractivity (Wildman–Crippen MR) is 180 cm³/mol. The first-order chi connectivity index (χ1) is 20.5. The van der Waals surface area contributed by atoms with Gasteiger partial charge in [0.25, 0.3) is 0 Å². The van der Waals surface area contributed by atoms with Crippen molar-refractivity contribution in [2.75, 3.05) is 4.90 Å². The van der Waals surface area contributed by atoms with Crippen LogP contribution in [-0.2, 0) is 0 Å². The molecule has 0 aliphatic heterocycles. The van der Waals surface area contributed by atoms with Gasteiger partial charge in [0, 0.05) is 33.5 Å². The summed E-state index contributed by atoms with van der Waals surface area (Å²) in [6, 6.07) is 48.5. The molecule has 0 bridgehead atoms. The standard InChI is InChI=1S/C40H34N2/c1-27-11-10-14-32(23-27)41(31-12-6-5-7-13-31)33-18-21-35(29(3)25-33)36-22-19-34(26-30(36)4)42-39-16-9-8-15-37(39)38-20-17-28(2)24-40(38)42/h5-26H,1-4H3. The molecule has 0 N–H and O–H groups in total. The average Bonchev–Trinajstić information content (AvgIpc) is 3.32. The second-order valence-electron chi connectivity index (χ2n) is 11.4. The highest BCUT2D eigenvalue weighted by atomic mass is 15.1. The molecule has 0 amide bonds. The van der Waals surface area contributed by atoms with Crippen molar-refractivity contribution in [1.29, 1.82) is 0 Å². The fraction of sp³-hybridized carbons (Fsp3) is 0.100. The number of para-hydroxylation sites is 2. The van der Waals surface area contributed by atoms with Crippen LogP contribution in [0.4, 0.5) is 17.1 Å². The molecule has 0 fully saturated rings. The minimum absolute atomic E-state index is 1.15. The SMILES string of the molecule is Cc1cccc(N(c2ccccc2)c2ccc(-c3ccc(-n4c5ccccc5c5ccc(C)cc54)cc3C)c(C)c2)c1. The number of nitrogens with zero attached hydrogens (tertiary/aromatic N) is 2. The van der Waals surface area contributed by atoms with Gasteiger partial charge in [-0.3, -0.25) is 0 Å². The molecule has 2 nitrogen and oxygen atoms in total. The van der Waals surface area contributed by atoms with Gasteiger partial charge in [-0.25, -0.2) is 0 Å². The number of hydrogen-bond acceptors (Lipinski definition) is 1. The summed E-state index contributed by atoms with van der Waals surface area (Å²) >= 11 is 0.